The van der Waals surface area contributed by atoms with Crippen LogP contribution in [0.2, 0.25) is 0 Å². The van der Waals surface area contributed by atoms with Crippen molar-refractivity contribution in [2.45, 2.75) is 11.4 Å². The third-order valence-electron chi connectivity index (χ3n) is 3.37. The van der Waals surface area contributed by atoms with E-state index < -0.39 is 10.0 Å². The Kier molecular flexibility index (Phi) is 4.72. The fourth-order valence-corrected chi connectivity index (χ4v) is 4.16. The molecule has 1 saturated heterocycles. The van der Waals surface area contributed by atoms with Crippen LogP contribution in [0.4, 0.5) is 5.82 Å². The van der Waals surface area contributed by atoms with Crippen molar-refractivity contribution in [1.82, 2.24) is 9.29 Å². The number of pyridine rings is 1. The third-order valence-corrected chi connectivity index (χ3v) is 6.13. The van der Waals surface area contributed by atoms with Crippen LogP contribution in [0.15, 0.2) is 40.7 Å². The molecule has 3 rings (SSSR count). The summed E-state index contributed by atoms with van der Waals surface area (Å²) >= 11 is 1.66. The van der Waals surface area contributed by atoms with Gasteiger partial charge in [0.1, 0.15) is 10.7 Å². The van der Waals surface area contributed by atoms with Gasteiger partial charge in [-0.3, -0.25) is 0 Å². The number of hydrogen-bond acceptors (Lipinski definition) is 6. The van der Waals surface area contributed by atoms with Crippen molar-refractivity contribution in [3.8, 4) is 0 Å². The molecule has 118 valence electrons. The van der Waals surface area contributed by atoms with Crippen molar-refractivity contribution in [2.75, 3.05) is 31.6 Å². The number of sulfonamides is 1. The molecule has 0 saturated carbocycles. The van der Waals surface area contributed by atoms with Gasteiger partial charge in [-0.1, -0.05) is 6.07 Å². The molecular formula is C14H17N3O3S2. The Hall–Kier alpha value is -1.48. The first-order valence-electron chi connectivity index (χ1n) is 6.96. The number of hydrogen-bond donors (Lipinski definition) is 1. The summed E-state index contributed by atoms with van der Waals surface area (Å²) in [5, 5.41) is 5.19. The topological polar surface area (TPSA) is 71.5 Å². The van der Waals surface area contributed by atoms with E-state index in [0.717, 1.165) is 0 Å². The van der Waals surface area contributed by atoms with Gasteiger partial charge >= 0.3 is 0 Å². The predicted molar refractivity (Wildman–Crippen MR) is 85.5 cm³/mol. The lowest BCUT2D eigenvalue weighted by molar-refractivity contribution is 0.0730. The number of rotatable bonds is 5. The van der Waals surface area contributed by atoms with Crippen LogP contribution in [0.25, 0.3) is 0 Å². The molecule has 0 bridgehead atoms. The lowest BCUT2D eigenvalue weighted by Gasteiger charge is -2.25. The molecule has 2 aromatic rings. The predicted octanol–water partition coefficient (Wildman–Crippen LogP) is 1.78. The molecule has 6 nitrogen and oxygen atoms in total. The SMILES string of the molecule is O=S(=O)(c1ccc(NCc2cccs2)nc1)N1CCOCC1. The molecule has 0 amide bonds. The maximum Gasteiger partial charge on any atom is 0.244 e. The van der Waals surface area contributed by atoms with E-state index in [1.165, 1.54) is 15.4 Å². The highest BCUT2D eigenvalue weighted by molar-refractivity contribution is 7.89. The minimum Gasteiger partial charge on any atom is -0.379 e. The molecule has 2 aromatic heterocycles. The first-order valence-corrected chi connectivity index (χ1v) is 9.28. The van der Waals surface area contributed by atoms with Gasteiger partial charge in [0.05, 0.1) is 19.8 Å². The highest BCUT2D eigenvalue weighted by Crippen LogP contribution is 2.18. The van der Waals surface area contributed by atoms with Gasteiger partial charge in [-0.15, -0.1) is 11.3 Å². The van der Waals surface area contributed by atoms with Gasteiger partial charge in [0.2, 0.25) is 10.0 Å². The quantitative estimate of drug-likeness (QED) is 0.899. The highest BCUT2D eigenvalue weighted by Gasteiger charge is 2.26. The first-order chi connectivity index (χ1) is 10.7. The molecule has 1 fully saturated rings. The van der Waals surface area contributed by atoms with Gasteiger partial charge in [-0.25, -0.2) is 13.4 Å². The number of morpholine rings is 1. The van der Waals surface area contributed by atoms with E-state index in [4.69, 9.17) is 4.74 Å². The fraction of sp³-hybridized carbons (Fsp3) is 0.357. The molecule has 8 heteroatoms. The fourth-order valence-electron chi connectivity index (χ4n) is 2.16. The summed E-state index contributed by atoms with van der Waals surface area (Å²) < 4.78 is 31.5. The van der Waals surface area contributed by atoms with Crippen LogP contribution in [-0.2, 0) is 21.3 Å². The molecule has 3 heterocycles. The van der Waals surface area contributed by atoms with Crippen molar-refractivity contribution >= 4 is 27.2 Å². The Morgan fingerprint density at radius 1 is 1.27 bits per heavy atom. The van der Waals surface area contributed by atoms with Gasteiger partial charge in [-0.05, 0) is 23.6 Å². The summed E-state index contributed by atoms with van der Waals surface area (Å²) in [5.74, 6) is 0.661. The maximum atomic E-state index is 12.5. The van der Waals surface area contributed by atoms with Gasteiger partial charge < -0.3 is 10.1 Å². The van der Waals surface area contributed by atoms with E-state index in [0.29, 0.717) is 38.7 Å². The summed E-state index contributed by atoms with van der Waals surface area (Å²) in [5.41, 5.74) is 0. The molecule has 1 aliphatic rings. The Morgan fingerprint density at radius 3 is 2.73 bits per heavy atom. The van der Waals surface area contributed by atoms with Gasteiger partial charge in [0, 0.05) is 24.2 Å². The van der Waals surface area contributed by atoms with Gasteiger partial charge in [0.25, 0.3) is 0 Å². The van der Waals surface area contributed by atoms with Crippen molar-refractivity contribution < 1.29 is 13.2 Å². The molecule has 22 heavy (non-hydrogen) atoms. The van der Waals surface area contributed by atoms with Crippen LogP contribution < -0.4 is 5.32 Å². The number of ether oxygens (including phenoxy) is 1. The van der Waals surface area contributed by atoms with E-state index >= 15 is 0 Å². The Balaban J connectivity index is 1.67. The second-order valence-corrected chi connectivity index (χ2v) is 7.80. The summed E-state index contributed by atoms with van der Waals surface area (Å²) in [6.07, 6.45) is 1.40. The van der Waals surface area contributed by atoms with Gasteiger partial charge in [-0.2, -0.15) is 4.31 Å². The zero-order chi connectivity index (χ0) is 15.4. The summed E-state index contributed by atoms with van der Waals surface area (Å²) in [4.78, 5) is 5.62. The highest BCUT2D eigenvalue weighted by atomic mass is 32.2. The van der Waals surface area contributed by atoms with Crippen LogP contribution in [-0.4, -0.2) is 44.0 Å². The van der Waals surface area contributed by atoms with E-state index in [1.807, 2.05) is 17.5 Å². The Morgan fingerprint density at radius 2 is 2.09 bits per heavy atom. The number of anilines is 1. The smallest absolute Gasteiger partial charge is 0.244 e. The zero-order valence-corrected chi connectivity index (χ0v) is 13.6. The molecule has 0 spiro atoms. The second kappa shape index (κ2) is 6.74. The van der Waals surface area contributed by atoms with E-state index in [-0.39, 0.29) is 4.90 Å². The second-order valence-electron chi connectivity index (χ2n) is 4.83. The molecule has 0 aromatic carbocycles. The van der Waals surface area contributed by atoms with Crippen LogP contribution >= 0.6 is 11.3 Å². The van der Waals surface area contributed by atoms with Crippen molar-refractivity contribution in [3.63, 3.8) is 0 Å². The van der Waals surface area contributed by atoms with Crippen molar-refractivity contribution in [2.24, 2.45) is 0 Å². The van der Waals surface area contributed by atoms with Crippen LogP contribution in [0.1, 0.15) is 4.88 Å². The summed E-state index contributed by atoms with van der Waals surface area (Å²) in [6.45, 7) is 2.34. The number of nitrogens with one attached hydrogen (secondary N) is 1. The van der Waals surface area contributed by atoms with E-state index in [2.05, 4.69) is 10.3 Å². The first kappa shape index (κ1) is 15.4. The molecule has 1 N–H and O–H groups in total. The molecule has 0 radical (unpaired) electrons. The monoisotopic (exact) mass is 339 g/mol. The normalized spacial score (nSPS) is 16.5. The van der Waals surface area contributed by atoms with Gasteiger partial charge in [0.15, 0.2) is 0 Å². The minimum absolute atomic E-state index is 0.219. The average Bonchev–Trinajstić information content (AvgIpc) is 3.08. The molecular weight excluding hydrogens is 322 g/mol. The van der Waals surface area contributed by atoms with E-state index in [9.17, 15) is 8.42 Å². The molecule has 0 aliphatic carbocycles. The maximum absolute atomic E-state index is 12.5. The molecule has 0 unspecified atom stereocenters. The third kappa shape index (κ3) is 3.46. The Bertz CT molecular complexity index is 693. The standard InChI is InChI=1S/C14H17N3O3S2/c18-22(19,17-5-7-20-8-6-17)13-3-4-14(16-11-13)15-10-12-2-1-9-21-12/h1-4,9,11H,5-8,10H2,(H,15,16). The Labute approximate surface area is 133 Å². The van der Waals surface area contributed by atoms with Crippen molar-refractivity contribution in [3.05, 3.63) is 40.7 Å². The lowest BCUT2D eigenvalue weighted by atomic mass is 10.4. The summed E-state index contributed by atoms with van der Waals surface area (Å²) in [7, 11) is -3.47. The minimum atomic E-state index is -3.47. The van der Waals surface area contributed by atoms with Crippen LogP contribution in [0.3, 0.4) is 0 Å². The zero-order valence-electron chi connectivity index (χ0n) is 11.9. The number of aromatic nitrogens is 1. The number of thiophene rings is 1. The molecule has 1 aliphatic heterocycles. The average molecular weight is 339 g/mol. The summed E-state index contributed by atoms with van der Waals surface area (Å²) in [6, 6.07) is 7.32. The number of nitrogens with zero attached hydrogens (tertiary/aromatic N) is 2. The van der Waals surface area contributed by atoms with Crippen molar-refractivity contribution in [1.29, 1.82) is 0 Å². The largest absolute Gasteiger partial charge is 0.379 e. The van der Waals surface area contributed by atoms with Crippen LogP contribution in [0.5, 0.6) is 0 Å². The molecule has 0 atom stereocenters. The van der Waals surface area contributed by atoms with E-state index in [1.54, 1.807) is 23.5 Å². The van der Waals surface area contributed by atoms with Crippen LogP contribution in [0, 0.1) is 0 Å². The lowest BCUT2D eigenvalue weighted by Crippen LogP contribution is -2.40.